The Morgan fingerprint density at radius 2 is 2.00 bits per heavy atom. The Bertz CT molecular complexity index is 373. The second-order valence-corrected chi connectivity index (χ2v) is 3.54. The van der Waals surface area contributed by atoms with E-state index in [2.05, 4.69) is 18.7 Å². The van der Waals surface area contributed by atoms with Gasteiger partial charge in [0, 0.05) is 18.8 Å². The third-order valence-electron chi connectivity index (χ3n) is 2.50. The number of ether oxygens (including phenoxy) is 1. The molecule has 1 amide bonds. The van der Waals surface area contributed by atoms with Gasteiger partial charge in [-0.15, -0.1) is 0 Å². The quantitative estimate of drug-likeness (QED) is 0.850. The molecule has 1 aromatic rings. The lowest BCUT2D eigenvalue weighted by Crippen LogP contribution is -2.22. The maximum atomic E-state index is 10.6. The molecule has 0 aromatic heterocycles. The SMILES string of the molecule is CCN(CC)c1ccc(OC(N)=O)c(C)c1. The molecule has 2 N–H and O–H groups in total. The summed E-state index contributed by atoms with van der Waals surface area (Å²) < 4.78 is 4.87. The van der Waals surface area contributed by atoms with Crippen molar-refractivity contribution in [2.45, 2.75) is 20.8 Å². The number of benzene rings is 1. The molecule has 1 aromatic carbocycles. The number of aryl methyl sites for hydroxylation is 1. The molecule has 0 unspecified atom stereocenters. The van der Waals surface area contributed by atoms with Gasteiger partial charge in [0.05, 0.1) is 0 Å². The van der Waals surface area contributed by atoms with Crippen molar-refractivity contribution >= 4 is 11.8 Å². The molecule has 1 rings (SSSR count). The zero-order chi connectivity index (χ0) is 12.1. The molecular formula is C12H18N2O2. The van der Waals surface area contributed by atoms with Crippen LogP contribution in [0.2, 0.25) is 0 Å². The first-order valence-corrected chi connectivity index (χ1v) is 5.41. The minimum Gasteiger partial charge on any atom is -0.410 e. The van der Waals surface area contributed by atoms with Crippen molar-refractivity contribution in [3.63, 3.8) is 0 Å². The van der Waals surface area contributed by atoms with Gasteiger partial charge in [-0.25, -0.2) is 4.79 Å². The molecule has 0 radical (unpaired) electrons. The number of hydrogen-bond acceptors (Lipinski definition) is 3. The van der Waals surface area contributed by atoms with Gasteiger partial charge >= 0.3 is 6.09 Å². The second-order valence-electron chi connectivity index (χ2n) is 3.54. The third-order valence-corrected chi connectivity index (χ3v) is 2.50. The lowest BCUT2D eigenvalue weighted by Gasteiger charge is -2.21. The molecule has 0 aliphatic rings. The van der Waals surface area contributed by atoms with Gasteiger partial charge in [-0.1, -0.05) is 0 Å². The number of anilines is 1. The van der Waals surface area contributed by atoms with E-state index in [-0.39, 0.29) is 0 Å². The van der Waals surface area contributed by atoms with Gasteiger partial charge in [0.25, 0.3) is 0 Å². The summed E-state index contributed by atoms with van der Waals surface area (Å²) in [5.74, 6) is 0.517. The molecule has 0 bridgehead atoms. The predicted octanol–water partition coefficient (Wildman–Crippen LogP) is 2.30. The van der Waals surface area contributed by atoms with Gasteiger partial charge in [0.1, 0.15) is 5.75 Å². The van der Waals surface area contributed by atoms with Crippen LogP contribution in [-0.2, 0) is 0 Å². The Morgan fingerprint density at radius 3 is 2.44 bits per heavy atom. The molecule has 0 spiro atoms. The van der Waals surface area contributed by atoms with E-state index in [1.54, 1.807) is 6.07 Å². The minimum atomic E-state index is -0.779. The smallest absolute Gasteiger partial charge is 0.409 e. The van der Waals surface area contributed by atoms with Crippen LogP contribution in [0.1, 0.15) is 19.4 Å². The number of rotatable bonds is 4. The van der Waals surface area contributed by atoms with E-state index in [1.165, 1.54) is 0 Å². The fraction of sp³-hybridized carbons (Fsp3) is 0.417. The Kier molecular flexibility index (Phi) is 4.17. The van der Waals surface area contributed by atoms with E-state index in [0.717, 1.165) is 24.3 Å². The van der Waals surface area contributed by atoms with Crippen molar-refractivity contribution in [2.24, 2.45) is 5.73 Å². The van der Waals surface area contributed by atoms with Crippen LogP contribution in [0.15, 0.2) is 18.2 Å². The van der Waals surface area contributed by atoms with Crippen LogP contribution in [-0.4, -0.2) is 19.2 Å². The molecule has 0 aliphatic heterocycles. The Morgan fingerprint density at radius 1 is 1.38 bits per heavy atom. The number of amides is 1. The lowest BCUT2D eigenvalue weighted by molar-refractivity contribution is 0.210. The summed E-state index contributed by atoms with van der Waals surface area (Å²) in [6.45, 7) is 8.00. The fourth-order valence-corrected chi connectivity index (χ4v) is 1.64. The largest absolute Gasteiger partial charge is 0.410 e. The van der Waals surface area contributed by atoms with Gasteiger partial charge in [-0.05, 0) is 44.5 Å². The first kappa shape index (κ1) is 12.4. The minimum absolute atomic E-state index is 0.517. The third kappa shape index (κ3) is 2.89. The summed E-state index contributed by atoms with van der Waals surface area (Å²) in [6.07, 6.45) is -0.779. The monoisotopic (exact) mass is 222 g/mol. The highest BCUT2D eigenvalue weighted by Gasteiger charge is 2.07. The highest BCUT2D eigenvalue weighted by atomic mass is 16.5. The molecule has 0 heterocycles. The van der Waals surface area contributed by atoms with E-state index in [0.29, 0.717) is 5.75 Å². The Labute approximate surface area is 96.0 Å². The number of carbonyl (C=O) groups is 1. The van der Waals surface area contributed by atoms with Crippen LogP contribution in [0, 0.1) is 6.92 Å². The van der Waals surface area contributed by atoms with Crippen LogP contribution in [0.5, 0.6) is 5.75 Å². The van der Waals surface area contributed by atoms with E-state index in [9.17, 15) is 4.79 Å². The predicted molar refractivity (Wildman–Crippen MR) is 65.0 cm³/mol. The van der Waals surface area contributed by atoms with Gasteiger partial charge < -0.3 is 15.4 Å². The van der Waals surface area contributed by atoms with Crippen molar-refractivity contribution in [3.8, 4) is 5.75 Å². The molecule has 4 nitrogen and oxygen atoms in total. The molecule has 0 saturated heterocycles. The van der Waals surface area contributed by atoms with Crippen LogP contribution >= 0.6 is 0 Å². The van der Waals surface area contributed by atoms with Gasteiger partial charge in [-0.2, -0.15) is 0 Å². The van der Waals surface area contributed by atoms with Gasteiger partial charge in [0.15, 0.2) is 0 Å². The van der Waals surface area contributed by atoms with E-state index in [4.69, 9.17) is 10.5 Å². The number of nitrogens with zero attached hydrogens (tertiary/aromatic N) is 1. The van der Waals surface area contributed by atoms with Crippen molar-refractivity contribution in [2.75, 3.05) is 18.0 Å². The van der Waals surface area contributed by atoms with E-state index < -0.39 is 6.09 Å². The molecular weight excluding hydrogens is 204 g/mol. The van der Waals surface area contributed by atoms with Crippen LogP contribution < -0.4 is 15.4 Å². The van der Waals surface area contributed by atoms with Gasteiger partial charge in [-0.3, -0.25) is 0 Å². The van der Waals surface area contributed by atoms with Gasteiger partial charge in [0.2, 0.25) is 0 Å². The second kappa shape index (κ2) is 5.39. The number of carbonyl (C=O) groups excluding carboxylic acids is 1. The first-order valence-electron chi connectivity index (χ1n) is 5.41. The van der Waals surface area contributed by atoms with Crippen molar-refractivity contribution in [3.05, 3.63) is 23.8 Å². The topological polar surface area (TPSA) is 55.6 Å². The van der Waals surface area contributed by atoms with Crippen LogP contribution in [0.4, 0.5) is 10.5 Å². The number of nitrogens with two attached hydrogens (primary N) is 1. The van der Waals surface area contributed by atoms with Crippen molar-refractivity contribution in [1.29, 1.82) is 0 Å². The zero-order valence-electron chi connectivity index (χ0n) is 9.99. The molecule has 16 heavy (non-hydrogen) atoms. The summed E-state index contributed by atoms with van der Waals surface area (Å²) in [6, 6.07) is 5.69. The lowest BCUT2D eigenvalue weighted by atomic mass is 10.2. The van der Waals surface area contributed by atoms with E-state index >= 15 is 0 Å². The molecule has 0 atom stereocenters. The average Bonchev–Trinajstić information content (AvgIpc) is 2.23. The maximum Gasteiger partial charge on any atom is 0.409 e. The summed E-state index contributed by atoms with van der Waals surface area (Å²) >= 11 is 0. The highest BCUT2D eigenvalue weighted by molar-refractivity contribution is 5.69. The Hall–Kier alpha value is -1.71. The maximum absolute atomic E-state index is 10.6. The molecule has 4 heteroatoms. The average molecular weight is 222 g/mol. The molecule has 88 valence electrons. The zero-order valence-corrected chi connectivity index (χ0v) is 9.99. The highest BCUT2D eigenvalue weighted by Crippen LogP contribution is 2.24. The molecule has 0 saturated carbocycles. The summed E-state index contributed by atoms with van der Waals surface area (Å²) in [5.41, 5.74) is 7.00. The number of primary amides is 1. The van der Waals surface area contributed by atoms with E-state index in [1.807, 2.05) is 19.1 Å². The normalized spacial score (nSPS) is 9.94. The van der Waals surface area contributed by atoms with Crippen molar-refractivity contribution in [1.82, 2.24) is 0 Å². The standard InChI is InChI=1S/C12H18N2O2/c1-4-14(5-2)10-6-7-11(9(3)8-10)16-12(13)15/h6-8H,4-5H2,1-3H3,(H2,13,15). The van der Waals surface area contributed by atoms with Crippen LogP contribution in [0.3, 0.4) is 0 Å². The number of hydrogen-bond donors (Lipinski definition) is 1. The van der Waals surface area contributed by atoms with Crippen molar-refractivity contribution < 1.29 is 9.53 Å². The first-order chi connectivity index (χ1) is 7.58. The summed E-state index contributed by atoms with van der Waals surface area (Å²) in [5, 5.41) is 0. The summed E-state index contributed by atoms with van der Waals surface area (Å²) in [4.78, 5) is 12.9. The summed E-state index contributed by atoms with van der Waals surface area (Å²) in [7, 11) is 0. The fourth-order valence-electron chi connectivity index (χ4n) is 1.64. The Balaban J connectivity index is 2.93. The molecule has 0 fully saturated rings. The van der Waals surface area contributed by atoms with Crippen LogP contribution in [0.25, 0.3) is 0 Å². The molecule has 0 aliphatic carbocycles.